The second kappa shape index (κ2) is 8.48. The number of anilines is 1. The summed E-state index contributed by atoms with van der Waals surface area (Å²) in [6.07, 6.45) is 2.94. The summed E-state index contributed by atoms with van der Waals surface area (Å²) in [4.78, 5) is 24.0. The van der Waals surface area contributed by atoms with Gasteiger partial charge in [0.25, 0.3) is 11.6 Å². The van der Waals surface area contributed by atoms with Gasteiger partial charge in [-0.15, -0.1) is 0 Å². The number of likely N-dealkylation sites (tertiary alicyclic amines) is 1. The number of nitrogens with zero attached hydrogens (tertiary/aromatic N) is 1. The predicted octanol–water partition coefficient (Wildman–Crippen LogP) is 2.11. The first-order valence-corrected chi connectivity index (χ1v) is 9.88. The van der Waals surface area contributed by atoms with Crippen LogP contribution in [0.2, 0.25) is 0 Å². The quantitative estimate of drug-likeness (QED) is 0.594. The Bertz CT molecular complexity index is 900. The number of nitro groups is 1. The summed E-state index contributed by atoms with van der Waals surface area (Å²) in [5.74, 6) is 1.46. The number of ether oxygens (including phenoxy) is 2. The zero-order chi connectivity index (χ0) is 20.2. The van der Waals surface area contributed by atoms with E-state index in [1.807, 2.05) is 12.1 Å². The standard InChI is InChI=1S/C21H23N3O5/c25-21(22-16-5-7-17(8-6-16)24(26)27)14-23-10-1-3-18(23)15-4-9-19-20(13-15)29-12-2-11-28-19/h4-9,13,18H,1-3,10-12,14H2,(H,22,25)/p+1/t18-/m0/s1. The lowest BCUT2D eigenvalue weighted by Gasteiger charge is -2.22. The molecule has 1 unspecified atom stereocenters. The number of hydrogen-bond acceptors (Lipinski definition) is 5. The summed E-state index contributed by atoms with van der Waals surface area (Å²) >= 11 is 0. The van der Waals surface area contributed by atoms with Crippen LogP contribution in [0.5, 0.6) is 11.5 Å². The normalized spacial score (nSPS) is 20.7. The van der Waals surface area contributed by atoms with Crippen molar-refractivity contribution in [2.45, 2.75) is 25.3 Å². The molecule has 1 fully saturated rings. The lowest BCUT2D eigenvalue weighted by atomic mass is 10.0. The molecule has 2 aromatic rings. The van der Waals surface area contributed by atoms with Crippen molar-refractivity contribution in [1.82, 2.24) is 0 Å². The van der Waals surface area contributed by atoms with Crippen molar-refractivity contribution in [2.24, 2.45) is 0 Å². The highest BCUT2D eigenvalue weighted by atomic mass is 16.6. The van der Waals surface area contributed by atoms with Crippen LogP contribution in [0.15, 0.2) is 42.5 Å². The fourth-order valence-electron chi connectivity index (χ4n) is 4.00. The number of amides is 1. The molecule has 8 nitrogen and oxygen atoms in total. The summed E-state index contributed by atoms with van der Waals surface area (Å²) in [6, 6.07) is 12.2. The van der Waals surface area contributed by atoms with E-state index in [0.29, 0.717) is 25.4 Å². The van der Waals surface area contributed by atoms with Crippen molar-refractivity contribution in [3.63, 3.8) is 0 Å². The van der Waals surface area contributed by atoms with Crippen molar-refractivity contribution in [3.05, 3.63) is 58.1 Å². The summed E-state index contributed by atoms with van der Waals surface area (Å²) in [5, 5.41) is 13.6. The number of nitro benzene ring substituents is 1. The average Bonchev–Trinajstić information content (AvgIpc) is 3.03. The van der Waals surface area contributed by atoms with Crippen LogP contribution in [-0.2, 0) is 4.79 Å². The van der Waals surface area contributed by atoms with Crippen LogP contribution in [0.25, 0.3) is 0 Å². The Morgan fingerprint density at radius 1 is 1.10 bits per heavy atom. The SMILES string of the molecule is O=C(C[NH+]1CCC[C@H]1c1ccc2c(c1)OCCCO2)Nc1ccc([N+](=O)[O-])cc1. The van der Waals surface area contributed by atoms with E-state index in [0.717, 1.165) is 42.9 Å². The number of quaternary nitrogens is 1. The van der Waals surface area contributed by atoms with Crippen LogP contribution in [0.4, 0.5) is 11.4 Å². The molecule has 0 aromatic heterocycles. The molecule has 8 heteroatoms. The Morgan fingerprint density at radius 2 is 1.86 bits per heavy atom. The van der Waals surface area contributed by atoms with E-state index in [9.17, 15) is 14.9 Å². The van der Waals surface area contributed by atoms with Gasteiger partial charge in [-0.3, -0.25) is 14.9 Å². The molecule has 0 radical (unpaired) electrons. The Kier molecular flexibility index (Phi) is 5.62. The maximum Gasteiger partial charge on any atom is 0.279 e. The Labute approximate surface area is 168 Å². The fourth-order valence-corrected chi connectivity index (χ4v) is 4.00. The van der Waals surface area contributed by atoms with Crippen LogP contribution in [0.3, 0.4) is 0 Å². The van der Waals surface area contributed by atoms with Crippen molar-refractivity contribution < 1.29 is 24.1 Å². The topological polar surface area (TPSA) is 95.1 Å². The first kappa shape index (κ1) is 19.2. The van der Waals surface area contributed by atoms with Crippen molar-refractivity contribution in [2.75, 3.05) is 31.6 Å². The second-order valence-corrected chi connectivity index (χ2v) is 7.39. The number of benzene rings is 2. The number of nitrogens with one attached hydrogen (secondary N) is 2. The van der Waals surface area contributed by atoms with Gasteiger partial charge in [0.2, 0.25) is 0 Å². The van der Waals surface area contributed by atoms with Crippen LogP contribution >= 0.6 is 0 Å². The molecule has 29 heavy (non-hydrogen) atoms. The number of hydrogen-bond donors (Lipinski definition) is 2. The predicted molar refractivity (Wildman–Crippen MR) is 106 cm³/mol. The van der Waals surface area contributed by atoms with Gasteiger partial charge in [-0.2, -0.15) is 0 Å². The molecule has 4 rings (SSSR count). The smallest absolute Gasteiger partial charge is 0.279 e. The van der Waals surface area contributed by atoms with Gasteiger partial charge in [0.15, 0.2) is 18.0 Å². The average molecular weight is 398 g/mol. The molecule has 2 aromatic carbocycles. The molecule has 0 spiro atoms. The van der Waals surface area contributed by atoms with Crippen LogP contribution < -0.4 is 19.7 Å². The van der Waals surface area contributed by atoms with Crippen molar-refractivity contribution in [1.29, 1.82) is 0 Å². The zero-order valence-corrected chi connectivity index (χ0v) is 16.1. The number of non-ortho nitro benzene ring substituents is 1. The minimum atomic E-state index is -0.458. The number of fused-ring (bicyclic) bond motifs is 1. The lowest BCUT2D eigenvalue weighted by molar-refractivity contribution is -0.910. The van der Waals surface area contributed by atoms with E-state index in [1.165, 1.54) is 17.0 Å². The number of carbonyl (C=O) groups excluding carboxylic acids is 1. The summed E-state index contributed by atoms with van der Waals surface area (Å²) in [7, 11) is 0. The Balaban J connectivity index is 1.41. The van der Waals surface area contributed by atoms with E-state index < -0.39 is 4.92 Å². The molecule has 2 N–H and O–H groups in total. The van der Waals surface area contributed by atoms with E-state index in [2.05, 4.69) is 11.4 Å². The molecule has 0 aliphatic carbocycles. The summed E-state index contributed by atoms with van der Waals surface area (Å²) in [6.45, 7) is 2.58. The van der Waals surface area contributed by atoms with Gasteiger partial charge >= 0.3 is 0 Å². The highest BCUT2D eigenvalue weighted by Crippen LogP contribution is 2.33. The maximum atomic E-state index is 12.5. The van der Waals surface area contributed by atoms with E-state index in [1.54, 1.807) is 12.1 Å². The van der Waals surface area contributed by atoms with Gasteiger partial charge in [-0.1, -0.05) is 0 Å². The first-order valence-electron chi connectivity index (χ1n) is 9.88. The van der Waals surface area contributed by atoms with Crippen LogP contribution in [-0.4, -0.2) is 37.1 Å². The van der Waals surface area contributed by atoms with E-state index in [4.69, 9.17) is 9.47 Å². The van der Waals surface area contributed by atoms with Crippen LogP contribution in [0, 0.1) is 10.1 Å². The second-order valence-electron chi connectivity index (χ2n) is 7.39. The van der Waals surface area contributed by atoms with Gasteiger partial charge in [0.1, 0.15) is 6.04 Å². The molecular weight excluding hydrogens is 374 g/mol. The molecule has 0 bridgehead atoms. The molecule has 2 aliphatic rings. The third kappa shape index (κ3) is 4.48. The van der Waals surface area contributed by atoms with E-state index in [-0.39, 0.29) is 17.6 Å². The monoisotopic (exact) mass is 398 g/mol. The van der Waals surface area contributed by atoms with Gasteiger partial charge in [-0.25, -0.2) is 0 Å². The van der Waals surface area contributed by atoms with Crippen molar-refractivity contribution >= 4 is 17.3 Å². The fraction of sp³-hybridized carbons (Fsp3) is 0.381. The minimum absolute atomic E-state index is 0.00244. The van der Waals surface area contributed by atoms with Gasteiger partial charge in [-0.05, 0) is 30.3 Å². The molecular formula is C21H24N3O5+. The number of carbonyl (C=O) groups is 1. The number of rotatable bonds is 5. The first-order chi connectivity index (χ1) is 14.1. The Morgan fingerprint density at radius 3 is 2.62 bits per heavy atom. The molecule has 1 saturated heterocycles. The molecule has 152 valence electrons. The zero-order valence-electron chi connectivity index (χ0n) is 16.1. The molecule has 2 heterocycles. The third-order valence-corrected chi connectivity index (χ3v) is 5.41. The molecule has 2 aliphatic heterocycles. The molecule has 2 atom stereocenters. The summed E-state index contributed by atoms with van der Waals surface area (Å²) in [5.41, 5.74) is 1.72. The van der Waals surface area contributed by atoms with Crippen molar-refractivity contribution in [3.8, 4) is 11.5 Å². The Hall–Kier alpha value is -3.13. The van der Waals surface area contributed by atoms with Gasteiger partial charge < -0.3 is 19.7 Å². The van der Waals surface area contributed by atoms with Gasteiger partial charge in [0.05, 0.1) is 24.7 Å². The molecule has 1 amide bonds. The van der Waals surface area contributed by atoms with Crippen LogP contribution in [0.1, 0.15) is 30.9 Å². The third-order valence-electron chi connectivity index (χ3n) is 5.41. The highest BCUT2D eigenvalue weighted by molar-refractivity contribution is 5.91. The minimum Gasteiger partial charge on any atom is -0.490 e. The van der Waals surface area contributed by atoms with E-state index >= 15 is 0 Å². The summed E-state index contributed by atoms with van der Waals surface area (Å²) < 4.78 is 11.5. The highest BCUT2D eigenvalue weighted by Gasteiger charge is 2.32. The molecule has 0 saturated carbocycles. The maximum absolute atomic E-state index is 12.5. The largest absolute Gasteiger partial charge is 0.490 e. The lowest BCUT2D eigenvalue weighted by Crippen LogP contribution is -3.11. The van der Waals surface area contributed by atoms with Gasteiger partial charge in [0, 0.05) is 42.6 Å².